The molecule has 0 aliphatic carbocycles. The van der Waals surface area contributed by atoms with Gasteiger partial charge >= 0.3 is 0 Å². The molecular weight excluding hydrogens is 334 g/mol. The number of fused-ring (bicyclic) bond motifs is 1. The van der Waals surface area contributed by atoms with Crippen LogP contribution in [0.4, 0.5) is 5.69 Å². The van der Waals surface area contributed by atoms with Gasteiger partial charge in [-0.05, 0) is 37.5 Å². The maximum Gasteiger partial charge on any atom is 0.243 e. The number of rotatable bonds is 4. The summed E-state index contributed by atoms with van der Waals surface area (Å²) < 4.78 is 0. The number of halogens is 1. The lowest BCUT2D eigenvalue weighted by molar-refractivity contribution is -0.137. The topological polar surface area (TPSA) is 75.4 Å². The van der Waals surface area contributed by atoms with E-state index in [1.54, 1.807) is 16.7 Å². The highest BCUT2D eigenvalue weighted by atomic mass is 35.5. The first-order chi connectivity index (χ1) is 10.5. The van der Waals surface area contributed by atoms with Crippen LogP contribution in [0, 0.1) is 0 Å². The quantitative estimate of drug-likeness (QED) is 0.807. The van der Waals surface area contributed by atoms with E-state index >= 15 is 0 Å². The second-order valence-electron chi connectivity index (χ2n) is 6.05. The van der Waals surface area contributed by atoms with Crippen molar-refractivity contribution < 1.29 is 9.59 Å². The molecular formula is C16H22ClN3O2S. The molecule has 0 aromatic heterocycles. The zero-order chi connectivity index (χ0) is 15.7. The van der Waals surface area contributed by atoms with Gasteiger partial charge in [0.2, 0.25) is 11.8 Å². The highest BCUT2D eigenvalue weighted by Crippen LogP contribution is 2.47. The Labute approximate surface area is 146 Å². The molecule has 23 heavy (non-hydrogen) atoms. The van der Waals surface area contributed by atoms with Crippen LogP contribution < -0.4 is 11.1 Å². The van der Waals surface area contributed by atoms with Gasteiger partial charge in [-0.25, -0.2) is 0 Å². The van der Waals surface area contributed by atoms with Gasteiger partial charge < -0.3 is 16.0 Å². The Morgan fingerprint density at radius 1 is 1.43 bits per heavy atom. The van der Waals surface area contributed by atoms with Crippen molar-refractivity contribution in [3.05, 3.63) is 29.8 Å². The number of hydrogen-bond acceptors (Lipinski definition) is 4. The normalized spacial score (nSPS) is 25.9. The van der Waals surface area contributed by atoms with Crippen molar-refractivity contribution in [1.82, 2.24) is 10.2 Å². The average molecular weight is 356 g/mol. The van der Waals surface area contributed by atoms with Gasteiger partial charge in [-0.3, -0.25) is 9.59 Å². The second kappa shape index (κ2) is 7.01. The summed E-state index contributed by atoms with van der Waals surface area (Å²) in [5.41, 5.74) is 7.53. The van der Waals surface area contributed by atoms with Crippen molar-refractivity contribution in [2.24, 2.45) is 0 Å². The zero-order valence-electron chi connectivity index (χ0n) is 13.1. The predicted octanol–water partition coefficient (Wildman–Crippen LogP) is 1.80. The molecule has 126 valence electrons. The summed E-state index contributed by atoms with van der Waals surface area (Å²) in [6.07, 6.45) is 2.15. The number of hydrogen-bond donors (Lipinski definition) is 2. The number of nitrogens with zero attached hydrogens (tertiary/aromatic N) is 1. The third kappa shape index (κ3) is 3.58. The van der Waals surface area contributed by atoms with Crippen LogP contribution in [0.1, 0.15) is 25.3 Å². The molecule has 2 heterocycles. The minimum Gasteiger partial charge on any atom is -0.399 e. The highest BCUT2D eigenvalue weighted by Gasteiger charge is 2.52. The maximum absolute atomic E-state index is 12.4. The number of nitrogen functional groups attached to an aromatic ring is 1. The van der Waals surface area contributed by atoms with E-state index in [2.05, 4.69) is 12.2 Å². The summed E-state index contributed by atoms with van der Waals surface area (Å²) in [5.74, 6) is 0.753. The monoisotopic (exact) mass is 355 g/mol. The molecule has 2 unspecified atom stereocenters. The third-order valence-electron chi connectivity index (χ3n) is 4.44. The smallest absolute Gasteiger partial charge is 0.243 e. The molecule has 0 radical (unpaired) electrons. The number of nitrogens with one attached hydrogen (secondary N) is 1. The SMILES string of the molecule is CC12CCC(=O)N1C(C(=O)NCCc1ccc(N)cc1)CS2.Cl. The Bertz CT molecular complexity index is 595. The predicted molar refractivity (Wildman–Crippen MR) is 95.5 cm³/mol. The molecule has 2 fully saturated rings. The van der Waals surface area contributed by atoms with Gasteiger partial charge in [0.1, 0.15) is 6.04 Å². The van der Waals surface area contributed by atoms with Gasteiger partial charge in [0.05, 0.1) is 4.87 Å². The molecule has 3 N–H and O–H groups in total. The summed E-state index contributed by atoms with van der Waals surface area (Å²) >= 11 is 1.72. The number of amides is 2. The Balaban J connectivity index is 0.00000192. The summed E-state index contributed by atoms with van der Waals surface area (Å²) in [5, 5.41) is 2.96. The lowest BCUT2D eigenvalue weighted by Crippen LogP contribution is -2.50. The Kier molecular flexibility index (Phi) is 5.47. The van der Waals surface area contributed by atoms with Crippen LogP contribution in [0.25, 0.3) is 0 Å². The zero-order valence-corrected chi connectivity index (χ0v) is 14.7. The number of carbonyl (C=O) groups is 2. The lowest BCUT2D eigenvalue weighted by Gasteiger charge is -2.29. The Hall–Kier alpha value is -1.40. The number of benzene rings is 1. The van der Waals surface area contributed by atoms with Gasteiger partial charge in [-0.15, -0.1) is 24.2 Å². The first-order valence-corrected chi connectivity index (χ1v) is 8.56. The van der Waals surface area contributed by atoms with Crippen molar-refractivity contribution in [2.75, 3.05) is 18.0 Å². The van der Waals surface area contributed by atoms with E-state index in [0.29, 0.717) is 18.7 Å². The van der Waals surface area contributed by atoms with Crippen molar-refractivity contribution in [3.8, 4) is 0 Å². The van der Waals surface area contributed by atoms with Crippen LogP contribution >= 0.6 is 24.2 Å². The molecule has 5 nitrogen and oxygen atoms in total. The molecule has 1 aromatic rings. The molecule has 0 spiro atoms. The molecule has 2 atom stereocenters. The van der Waals surface area contributed by atoms with Crippen LogP contribution in [-0.4, -0.2) is 39.9 Å². The first-order valence-electron chi connectivity index (χ1n) is 7.58. The molecule has 2 aliphatic heterocycles. The minimum absolute atomic E-state index is 0. The molecule has 2 amide bonds. The fraction of sp³-hybridized carbons (Fsp3) is 0.500. The molecule has 0 bridgehead atoms. The van der Waals surface area contributed by atoms with Gasteiger partial charge in [0.25, 0.3) is 0 Å². The highest BCUT2D eigenvalue weighted by molar-refractivity contribution is 8.01. The van der Waals surface area contributed by atoms with Gasteiger partial charge in [0.15, 0.2) is 0 Å². The van der Waals surface area contributed by atoms with E-state index in [1.165, 1.54) is 0 Å². The van der Waals surface area contributed by atoms with Crippen molar-refractivity contribution >= 4 is 41.7 Å². The van der Waals surface area contributed by atoms with E-state index in [1.807, 2.05) is 24.3 Å². The van der Waals surface area contributed by atoms with Gasteiger partial charge in [-0.1, -0.05) is 12.1 Å². The fourth-order valence-corrected chi connectivity index (χ4v) is 4.58. The average Bonchev–Trinajstić information content (AvgIpc) is 2.98. The van der Waals surface area contributed by atoms with Crippen LogP contribution in [0.5, 0.6) is 0 Å². The minimum atomic E-state index is -0.323. The van der Waals surface area contributed by atoms with Crippen LogP contribution in [0.3, 0.4) is 0 Å². The van der Waals surface area contributed by atoms with E-state index in [9.17, 15) is 9.59 Å². The first kappa shape index (κ1) is 17.9. The maximum atomic E-state index is 12.4. The summed E-state index contributed by atoms with van der Waals surface area (Å²) in [7, 11) is 0. The number of carbonyl (C=O) groups excluding carboxylic acids is 2. The van der Waals surface area contributed by atoms with Crippen LogP contribution in [0.15, 0.2) is 24.3 Å². The van der Waals surface area contributed by atoms with E-state index in [4.69, 9.17) is 5.73 Å². The molecule has 3 rings (SSSR count). The molecule has 2 saturated heterocycles. The van der Waals surface area contributed by atoms with Gasteiger partial charge in [0, 0.05) is 24.4 Å². The standard InChI is InChI=1S/C16H21N3O2S.ClH/c1-16-8-6-14(20)19(16)13(10-22-16)15(21)18-9-7-11-2-4-12(17)5-3-11;/h2-5,13H,6-10,17H2,1H3,(H,18,21);1H. The summed E-state index contributed by atoms with van der Waals surface area (Å²) in [4.78, 5) is 26.0. The molecule has 1 aromatic carbocycles. The molecule has 0 saturated carbocycles. The largest absolute Gasteiger partial charge is 0.399 e. The molecule has 2 aliphatic rings. The Morgan fingerprint density at radius 2 is 2.13 bits per heavy atom. The van der Waals surface area contributed by atoms with Crippen molar-refractivity contribution in [1.29, 1.82) is 0 Å². The van der Waals surface area contributed by atoms with E-state index in [-0.39, 0.29) is 35.1 Å². The van der Waals surface area contributed by atoms with E-state index < -0.39 is 0 Å². The van der Waals surface area contributed by atoms with Crippen LogP contribution in [0.2, 0.25) is 0 Å². The lowest BCUT2D eigenvalue weighted by atomic mass is 10.1. The second-order valence-corrected chi connectivity index (χ2v) is 7.55. The molecule has 7 heteroatoms. The van der Waals surface area contributed by atoms with Crippen LogP contribution in [-0.2, 0) is 16.0 Å². The number of thioether (sulfide) groups is 1. The number of nitrogens with two attached hydrogens (primary N) is 1. The fourth-order valence-electron chi connectivity index (χ4n) is 3.15. The van der Waals surface area contributed by atoms with Gasteiger partial charge in [-0.2, -0.15) is 0 Å². The summed E-state index contributed by atoms with van der Waals surface area (Å²) in [6, 6.07) is 7.33. The van der Waals surface area contributed by atoms with Crippen molar-refractivity contribution in [2.45, 2.75) is 37.1 Å². The van der Waals surface area contributed by atoms with E-state index in [0.717, 1.165) is 24.1 Å². The third-order valence-corrected chi connectivity index (χ3v) is 5.95. The Morgan fingerprint density at radius 3 is 2.83 bits per heavy atom. The number of anilines is 1. The summed E-state index contributed by atoms with van der Waals surface area (Å²) in [6.45, 7) is 2.63. The van der Waals surface area contributed by atoms with Crippen molar-refractivity contribution in [3.63, 3.8) is 0 Å².